The van der Waals surface area contributed by atoms with Crippen molar-refractivity contribution in [3.63, 3.8) is 0 Å². The summed E-state index contributed by atoms with van der Waals surface area (Å²) in [5.41, 5.74) is 1.51. The SMILES string of the molecule is CCCCCc1ccc(-c2ccc(C3C=CC(C)CC3)c(F)c2)c(F)c1F. The average Bonchev–Trinajstić information content (AvgIpc) is 2.66. The highest BCUT2D eigenvalue weighted by Gasteiger charge is 2.20. The molecule has 1 aliphatic carbocycles. The molecule has 0 spiro atoms. The van der Waals surface area contributed by atoms with Gasteiger partial charge in [0, 0.05) is 11.5 Å². The summed E-state index contributed by atoms with van der Waals surface area (Å²) in [6.07, 6.45) is 9.49. The molecule has 2 atom stereocenters. The largest absolute Gasteiger partial charge is 0.207 e. The second kappa shape index (κ2) is 8.77. The molecule has 0 aliphatic heterocycles. The Bertz CT molecular complexity index is 823. The molecule has 0 radical (unpaired) electrons. The van der Waals surface area contributed by atoms with E-state index >= 15 is 0 Å². The summed E-state index contributed by atoms with van der Waals surface area (Å²) in [7, 11) is 0. The third-order valence-electron chi connectivity index (χ3n) is 5.53. The quantitative estimate of drug-likeness (QED) is 0.362. The molecule has 0 bridgehead atoms. The van der Waals surface area contributed by atoms with E-state index in [0.29, 0.717) is 29.0 Å². The number of aryl methyl sites for hydroxylation is 1. The molecule has 0 aromatic heterocycles. The fourth-order valence-electron chi connectivity index (χ4n) is 3.78. The third kappa shape index (κ3) is 4.45. The van der Waals surface area contributed by atoms with Gasteiger partial charge in [-0.1, -0.05) is 63.1 Å². The van der Waals surface area contributed by atoms with Crippen molar-refractivity contribution in [2.45, 2.75) is 58.3 Å². The zero-order chi connectivity index (χ0) is 19.4. The first kappa shape index (κ1) is 19.7. The zero-order valence-corrected chi connectivity index (χ0v) is 16.1. The average molecular weight is 372 g/mol. The van der Waals surface area contributed by atoms with Crippen molar-refractivity contribution < 1.29 is 13.2 Å². The van der Waals surface area contributed by atoms with E-state index in [1.165, 1.54) is 6.07 Å². The van der Waals surface area contributed by atoms with Gasteiger partial charge in [-0.25, -0.2) is 13.2 Å². The van der Waals surface area contributed by atoms with Crippen molar-refractivity contribution >= 4 is 0 Å². The molecule has 3 rings (SSSR count). The molecule has 0 saturated carbocycles. The summed E-state index contributed by atoms with van der Waals surface area (Å²) < 4.78 is 43.7. The first-order valence-corrected chi connectivity index (χ1v) is 9.96. The fourth-order valence-corrected chi connectivity index (χ4v) is 3.78. The molecule has 0 N–H and O–H groups in total. The lowest BCUT2D eigenvalue weighted by Gasteiger charge is -2.21. The van der Waals surface area contributed by atoms with Gasteiger partial charge in [0.25, 0.3) is 0 Å². The first-order valence-electron chi connectivity index (χ1n) is 9.96. The number of hydrogen-bond donors (Lipinski definition) is 0. The Hall–Kier alpha value is -2.03. The summed E-state index contributed by atoms with van der Waals surface area (Å²) in [5.74, 6) is -1.47. The molecule has 2 aromatic rings. The number of rotatable bonds is 6. The summed E-state index contributed by atoms with van der Waals surface area (Å²) in [6, 6.07) is 7.92. The molecule has 0 heterocycles. The van der Waals surface area contributed by atoms with Gasteiger partial charge in [-0.3, -0.25) is 0 Å². The predicted molar refractivity (Wildman–Crippen MR) is 105 cm³/mol. The molecule has 144 valence electrons. The van der Waals surface area contributed by atoms with Crippen molar-refractivity contribution in [3.8, 4) is 11.1 Å². The maximum atomic E-state index is 14.7. The highest BCUT2D eigenvalue weighted by atomic mass is 19.2. The minimum atomic E-state index is -0.887. The van der Waals surface area contributed by atoms with Gasteiger partial charge in [-0.2, -0.15) is 0 Å². The van der Waals surface area contributed by atoms with Crippen molar-refractivity contribution in [3.05, 3.63) is 71.1 Å². The first-order chi connectivity index (χ1) is 13.0. The molecule has 2 aromatic carbocycles. The van der Waals surface area contributed by atoms with Crippen LogP contribution in [0.3, 0.4) is 0 Å². The second-order valence-corrected chi connectivity index (χ2v) is 7.64. The van der Waals surface area contributed by atoms with Gasteiger partial charge in [0.2, 0.25) is 0 Å². The molecule has 2 unspecified atom stereocenters. The predicted octanol–water partition coefficient (Wildman–Crippen LogP) is 7.57. The van der Waals surface area contributed by atoms with E-state index in [4.69, 9.17) is 0 Å². The Morgan fingerprint density at radius 2 is 1.74 bits per heavy atom. The Balaban J connectivity index is 1.85. The van der Waals surface area contributed by atoms with Crippen LogP contribution < -0.4 is 0 Å². The Morgan fingerprint density at radius 1 is 0.926 bits per heavy atom. The highest BCUT2D eigenvalue weighted by molar-refractivity contribution is 5.65. The van der Waals surface area contributed by atoms with Gasteiger partial charge in [0.05, 0.1) is 0 Å². The number of unbranched alkanes of at least 4 members (excludes halogenated alkanes) is 2. The van der Waals surface area contributed by atoms with Crippen LogP contribution in [0.4, 0.5) is 13.2 Å². The van der Waals surface area contributed by atoms with Crippen LogP contribution in [-0.4, -0.2) is 0 Å². The van der Waals surface area contributed by atoms with Crippen LogP contribution in [0.5, 0.6) is 0 Å². The number of hydrogen-bond acceptors (Lipinski definition) is 0. The van der Waals surface area contributed by atoms with Crippen LogP contribution in [0.25, 0.3) is 11.1 Å². The maximum Gasteiger partial charge on any atom is 0.166 e. The van der Waals surface area contributed by atoms with Gasteiger partial charge in [0.1, 0.15) is 5.82 Å². The maximum absolute atomic E-state index is 14.7. The Morgan fingerprint density at radius 3 is 2.41 bits per heavy atom. The molecule has 1 aliphatic rings. The monoisotopic (exact) mass is 372 g/mol. The molecule has 0 saturated heterocycles. The molecule has 3 heteroatoms. The standard InChI is InChI=1S/C24H27F3/c1-3-4-5-6-18-11-14-21(24(27)23(18)26)19-12-13-20(22(25)15-19)17-9-7-16(2)8-10-17/h7,9,11-17H,3-6,8,10H2,1-2H3. The van der Waals surface area contributed by atoms with Gasteiger partial charge >= 0.3 is 0 Å². The smallest absolute Gasteiger partial charge is 0.166 e. The minimum absolute atomic E-state index is 0.0535. The van der Waals surface area contributed by atoms with E-state index in [0.717, 1.165) is 32.1 Å². The minimum Gasteiger partial charge on any atom is -0.207 e. The third-order valence-corrected chi connectivity index (χ3v) is 5.53. The fraction of sp³-hybridized carbons (Fsp3) is 0.417. The van der Waals surface area contributed by atoms with Gasteiger partial charge in [0.15, 0.2) is 11.6 Å². The number of benzene rings is 2. The summed E-state index contributed by atoms with van der Waals surface area (Å²) in [5, 5.41) is 0. The molecule has 27 heavy (non-hydrogen) atoms. The van der Waals surface area contributed by atoms with Gasteiger partial charge in [-0.15, -0.1) is 0 Å². The molecule has 0 fully saturated rings. The lowest BCUT2D eigenvalue weighted by Crippen LogP contribution is -2.07. The van der Waals surface area contributed by atoms with E-state index < -0.39 is 11.6 Å². The lowest BCUT2D eigenvalue weighted by atomic mass is 9.84. The van der Waals surface area contributed by atoms with Crippen molar-refractivity contribution in [2.24, 2.45) is 5.92 Å². The Kier molecular flexibility index (Phi) is 6.41. The number of halogens is 3. The van der Waals surface area contributed by atoms with E-state index in [1.54, 1.807) is 24.3 Å². The van der Waals surface area contributed by atoms with E-state index in [-0.39, 0.29) is 17.3 Å². The molecular weight excluding hydrogens is 345 g/mol. The lowest BCUT2D eigenvalue weighted by molar-refractivity contribution is 0.498. The molecule has 0 amide bonds. The Labute approximate surface area is 160 Å². The van der Waals surface area contributed by atoms with E-state index in [1.807, 2.05) is 0 Å². The molecular formula is C24H27F3. The van der Waals surface area contributed by atoms with E-state index in [2.05, 4.69) is 26.0 Å². The van der Waals surface area contributed by atoms with Crippen molar-refractivity contribution in [1.82, 2.24) is 0 Å². The van der Waals surface area contributed by atoms with Crippen LogP contribution >= 0.6 is 0 Å². The topological polar surface area (TPSA) is 0 Å². The zero-order valence-electron chi connectivity index (χ0n) is 16.1. The normalized spacial score (nSPS) is 19.4. The van der Waals surface area contributed by atoms with Crippen LogP contribution in [0.1, 0.15) is 63.0 Å². The van der Waals surface area contributed by atoms with Crippen molar-refractivity contribution in [1.29, 1.82) is 0 Å². The van der Waals surface area contributed by atoms with Gasteiger partial charge in [-0.05, 0) is 54.4 Å². The van der Waals surface area contributed by atoms with Crippen LogP contribution in [0.15, 0.2) is 42.5 Å². The van der Waals surface area contributed by atoms with Crippen LogP contribution in [0, 0.1) is 23.4 Å². The summed E-state index contributed by atoms with van der Waals surface area (Å²) in [6.45, 7) is 4.22. The van der Waals surface area contributed by atoms with Crippen molar-refractivity contribution in [2.75, 3.05) is 0 Å². The highest BCUT2D eigenvalue weighted by Crippen LogP contribution is 2.34. The van der Waals surface area contributed by atoms with Crippen LogP contribution in [-0.2, 0) is 6.42 Å². The second-order valence-electron chi connectivity index (χ2n) is 7.64. The van der Waals surface area contributed by atoms with Crippen LogP contribution in [0.2, 0.25) is 0 Å². The van der Waals surface area contributed by atoms with Gasteiger partial charge < -0.3 is 0 Å². The summed E-state index contributed by atoms with van der Waals surface area (Å²) >= 11 is 0. The van der Waals surface area contributed by atoms with E-state index in [9.17, 15) is 13.2 Å². The number of allylic oxidation sites excluding steroid dienone is 2. The summed E-state index contributed by atoms with van der Waals surface area (Å²) in [4.78, 5) is 0. The molecule has 0 nitrogen and oxygen atoms in total.